The zero-order valence-electron chi connectivity index (χ0n) is 27.6. The standard InChI is InChI=1S/C37H40ClNO8/c1-7-8-9-10-11-18-39-31(40)22-12-15-25-28(19-22)37(47-32(25)41)26-16-13-23(44-33(42)35(2,3)4)20-29(26)46-30-21-24(14-17-27(30)37)45-34(43)36(5,6)38/h12-17,19-21H,7-11,18H2,1-6H3,(H,39,40). The van der Waals surface area contributed by atoms with Crippen LogP contribution in [0.25, 0.3) is 0 Å². The number of hydrogen-bond donors (Lipinski definition) is 1. The van der Waals surface area contributed by atoms with Crippen LogP contribution in [0.15, 0.2) is 54.6 Å². The van der Waals surface area contributed by atoms with Crippen LogP contribution in [0.4, 0.5) is 0 Å². The van der Waals surface area contributed by atoms with E-state index in [1.54, 1.807) is 69.3 Å². The van der Waals surface area contributed by atoms with Crippen molar-refractivity contribution in [3.05, 3.63) is 82.4 Å². The predicted octanol–water partition coefficient (Wildman–Crippen LogP) is 7.83. The average molecular weight is 662 g/mol. The van der Waals surface area contributed by atoms with Gasteiger partial charge in [-0.05, 0) is 83.5 Å². The third-order valence-electron chi connectivity index (χ3n) is 8.10. The summed E-state index contributed by atoms with van der Waals surface area (Å²) in [5.74, 6) is -1.08. The number of halogens is 1. The number of benzene rings is 3. The van der Waals surface area contributed by atoms with E-state index >= 15 is 0 Å². The molecule has 3 aromatic carbocycles. The summed E-state index contributed by atoms with van der Waals surface area (Å²) in [7, 11) is 0. The molecule has 47 heavy (non-hydrogen) atoms. The van der Waals surface area contributed by atoms with Crippen LogP contribution in [0.5, 0.6) is 23.0 Å². The molecule has 2 aliphatic rings. The van der Waals surface area contributed by atoms with E-state index in [9.17, 15) is 19.2 Å². The minimum absolute atomic E-state index is 0.160. The lowest BCUT2D eigenvalue weighted by Crippen LogP contribution is -2.34. The number of fused-ring (bicyclic) bond motifs is 6. The van der Waals surface area contributed by atoms with Gasteiger partial charge in [0.05, 0.1) is 11.0 Å². The van der Waals surface area contributed by atoms with E-state index in [4.69, 9.17) is 30.5 Å². The summed E-state index contributed by atoms with van der Waals surface area (Å²) in [5, 5.41) is 2.99. The van der Waals surface area contributed by atoms with E-state index < -0.39 is 33.8 Å². The van der Waals surface area contributed by atoms with E-state index in [1.807, 2.05) is 0 Å². The van der Waals surface area contributed by atoms with Gasteiger partial charge in [0.25, 0.3) is 5.91 Å². The normalized spacial score (nSPS) is 16.4. The number of amides is 1. The van der Waals surface area contributed by atoms with E-state index in [1.165, 1.54) is 19.9 Å². The lowest BCUT2D eigenvalue weighted by Gasteiger charge is -2.36. The van der Waals surface area contributed by atoms with Gasteiger partial charge < -0.3 is 24.3 Å². The molecule has 0 bridgehead atoms. The molecule has 2 aliphatic heterocycles. The number of carbonyl (C=O) groups excluding carboxylic acids is 4. The molecule has 0 aliphatic carbocycles. The highest BCUT2D eigenvalue weighted by molar-refractivity contribution is 6.33. The van der Waals surface area contributed by atoms with Crippen LogP contribution in [0, 0.1) is 5.41 Å². The van der Waals surface area contributed by atoms with Crippen LogP contribution in [-0.2, 0) is 19.9 Å². The lowest BCUT2D eigenvalue weighted by atomic mass is 9.77. The van der Waals surface area contributed by atoms with Gasteiger partial charge in [-0.3, -0.25) is 9.59 Å². The van der Waals surface area contributed by atoms with E-state index in [-0.39, 0.29) is 28.9 Å². The van der Waals surface area contributed by atoms with Crippen molar-refractivity contribution in [1.29, 1.82) is 0 Å². The molecule has 1 unspecified atom stereocenters. The summed E-state index contributed by atoms with van der Waals surface area (Å²) < 4.78 is 23.7. The first-order valence-electron chi connectivity index (χ1n) is 15.9. The highest BCUT2D eigenvalue weighted by atomic mass is 35.5. The molecule has 0 radical (unpaired) electrons. The Kier molecular flexibility index (Phi) is 9.42. The van der Waals surface area contributed by atoms with Crippen molar-refractivity contribution in [1.82, 2.24) is 5.32 Å². The molecule has 1 amide bonds. The van der Waals surface area contributed by atoms with Gasteiger partial charge in [-0.1, -0.05) is 32.6 Å². The van der Waals surface area contributed by atoms with Crippen molar-refractivity contribution >= 4 is 35.4 Å². The molecule has 1 spiro atoms. The fraction of sp³-hybridized carbons (Fsp3) is 0.405. The second kappa shape index (κ2) is 13.0. The average Bonchev–Trinajstić information content (AvgIpc) is 3.29. The van der Waals surface area contributed by atoms with Crippen LogP contribution in [0.3, 0.4) is 0 Å². The van der Waals surface area contributed by atoms with Crippen LogP contribution in [0.1, 0.15) is 111 Å². The van der Waals surface area contributed by atoms with Crippen molar-refractivity contribution < 1.29 is 38.1 Å². The van der Waals surface area contributed by atoms with Crippen molar-refractivity contribution in [3.63, 3.8) is 0 Å². The summed E-state index contributed by atoms with van der Waals surface area (Å²) >= 11 is 6.17. The molecule has 0 fully saturated rings. The van der Waals surface area contributed by atoms with E-state index in [0.717, 1.165) is 32.1 Å². The first-order valence-corrected chi connectivity index (χ1v) is 16.3. The van der Waals surface area contributed by atoms with Crippen molar-refractivity contribution in [3.8, 4) is 23.0 Å². The smallest absolute Gasteiger partial charge is 0.340 e. The number of ether oxygens (including phenoxy) is 4. The number of alkyl halides is 1. The van der Waals surface area contributed by atoms with Crippen molar-refractivity contribution in [2.24, 2.45) is 5.41 Å². The SMILES string of the molecule is CCCCCCCNC(=O)c1ccc2c(c1)C1(OC2=O)c2ccc(OC(=O)C(C)(C)C)cc2Oc2cc(OC(=O)C(C)(C)Cl)ccc21. The second-order valence-corrected chi connectivity index (χ2v) is 14.4. The molecule has 1 atom stereocenters. The molecule has 5 rings (SSSR count). The largest absolute Gasteiger partial charge is 0.456 e. The maximum atomic E-state index is 13.5. The summed E-state index contributed by atoms with van der Waals surface area (Å²) in [6, 6.07) is 14.4. The Hall–Kier alpha value is -4.37. The molecule has 9 nitrogen and oxygen atoms in total. The van der Waals surface area contributed by atoms with Gasteiger partial charge in [0.2, 0.25) is 0 Å². The van der Waals surface area contributed by atoms with Crippen molar-refractivity contribution in [2.75, 3.05) is 6.54 Å². The highest BCUT2D eigenvalue weighted by Crippen LogP contribution is 2.57. The fourth-order valence-corrected chi connectivity index (χ4v) is 5.51. The number of hydrogen-bond acceptors (Lipinski definition) is 8. The topological polar surface area (TPSA) is 117 Å². The Balaban J connectivity index is 1.58. The van der Waals surface area contributed by atoms with E-state index in [2.05, 4.69) is 12.2 Å². The number of rotatable bonds is 10. The molecule has 248 valence electrons. The molecule has 3 aromatic rings. The highest BCUT2D eigenvalue weighted by Gasteiger charge is 2.54. The van der Waals surface area contributed by atoms with Crippen LogP contribution in [-0.4, -0.2) is 35.2 Å². The first kappa shape index (κ1) is 34.0. The van der Waals surface area contributed by atoms with Crippen molar-refractivity contribution in [2.45, 2.75) is 84.1 Å². The van der Waals surface area contributed by atoms with Gasteiger partial charge in [-0.2, -0.15) is 0 Å². The molecule has 0 saturated heterocycles. The van der Waals surface area contributed by atoms with Gasteiger partial charge in [0.1, 0.15) is 27.9 Å². The summed E-state index contributed by atoms with van der Waals surface area (Å²) in [4.78, 5) is 50.7. The molecular formula is C37H40ClNO8. The molecule has 0 saturated carbocycles. The Morgan fingerprint density at radius 2 is 1.38 bits per heavy atom. The second-order valence-electron chi connectivity index (χ2n) is 13.4. The third-order valence-corrected chi connectivity index (χ3v) is 8.25. The van der Waals surface area contributed by atoms with Gasteiger partial charge >= 0.3 is 17.9 Å². The minimum Gasteiger partial charge on any atom is -0.456 e. The molecule has 1 N–H and O–H groups in total. The zero-order valence-corrected chi connectivity index (χ0v) is 28.3. The number of nitrogens with one attached hydrogen (secondary N) is 1. The monoisotopic (exact) mass is 661 g/mol. The predicted molar refractivity (Wildman–Crippen MR) is 176 cm³/mol. The number of unbranched alkanes of at least 4 members (excludes halogenated alkanes) is 4. The van der Waals surface area contributed by atoms with E-state index in [0.29, 0.717) is 34.4 Å². The van der Waals surface area contributed by atoms with Crippen LogP contribution >= 0.6 is 11.6 Å². The Morgan fingerprint density at radius 1 is 0.787 bits per heavy atom. The maximum absolute atomic E-state index is 13.5. The Morgan fingerprint density at radius 3 is 1.96 bits per heavy atom. The number of esters is 3. The molecule has 2 heterocycles. The molecule has 10 heteroatoms. The van der Waals surface area contributed by atoms with Crippen LogP contribution < -0.4 is 19.5 Å². The Labute approximate surface area is 279 Å². The number of carbonyl (C=O) groups is 4. The molecule has 0 aromatic heterocycles. The maximum Gasteiger partial charge on any atom is 0.340 e. The quantitative estimate of drug-likeness (QED) is 0.101. The summed E-state index contributed by atoms with van der Waals surface area (Å²) in [6.45, 7) is 11.0. The molecular weight excluding hydrogens is 622 g/mol. The fourth-order valence-electron chi connectivity index (χ4n) is 5.47. The summed E-state index contributed by atoms with van der Waals surface area (Å²) in [6.07, 6.45) is 5.33. The first-order chi connectivity index (χ1) is 22.1. The third kappa shape index (κ3) is 6.86. The van der Waals surface area contributed by atoms with Crippen LogP contribution in [0.2, 0.25) is 0 Å². The summed E-state index contributed by atoms with van der Waals surface area (Å²) in [5.41, 5.74) is -0.242. The van der Waals surface area contributed by atoms with Gasteiger partial charge in [-0.25, -0.2) is 9.59 Å². The zero-order chi connectivity index (χ0) is 34.1. The Bertz CT molecular complexity index is 1660. The van der Waals surface area contributed by atoms with Gasteiger partial charge in [0.15, 0.2) is 5.60 Å². The van der Waals surface area contributed by atoms with Gasteiger partial charge in [-0.15, -0.1) is 11.6 Å². The minimum atomic E-state index is -1.52. The van der Waals surface area contributed by atoms with Gasteiger partial charge in [0, 0.05) is 40.9 Å². The lowest BCUT2D eigenvalue weighted by molar-refractivity contribution is -0.143.